The van der Waals surface area contributed by atoms with Crippen molar-refractivity contribution in [2.45, 2.75) is 33.2 Å². The maximum absolute atomic E-state index is 5.90. The number of likely N-dealkylation sites (tertiary alicyclic amines) is 1. The van der Waals surface area contributed by atoms with Crippen LogP contribution in [0.2, 0.25) is 0 Å². The van der Waals surface area contributed by atoms with Crippen molar-refractivity contribution in [2.24, 2.45) is 4.99 Å². The van der Waals surface area contributed by atoms with E-state index in [1.54, 1.807) is 0 Å². The zero-order valence-electron chi connectivity index (χ0n) is 17.0. The van der Waals surface area contributed by atoms with E-state index < -0.39 is 0 Å². The van der Waals surface area contributed by atoms with Gasteiger partial charge in [0, 0.05) is 38.8 Å². The topological polar surface area (TPSA) is 49.3 Å². The minimum Gasteiger partial charge on any atom is -0.492 e. The third-order valence-electron chi connectivity index (χ3n) is 5.18. The number of ether oxygens (including phenoxy) is 2. The lowest BCUT2D eigenvalue weighted by atomic mass is 10.1. The molecule has 27 heavy (non-hydrogen) atoms. The Kier molecular flexibility index (Phi) is 7.35. The summed E-state index contributed by atoms with van der Waals surface area (Å²) in [5.41, 5.74) is 2.46. The molecule has 1 aromatic carbocycles. The lowest BCUT2D eigenvalue weighted by Crippen LogP contribution is -2.46. The number of rotatable bonds is 6. The molecule has 2 saturated heterocycles. The molecular formula is C21H34N4O2. The summed E-state index contributed by atoms with van der Waals surface area (Å²) in [7, 11) is 0. The van der Waals surface area contributed by atoms with Crippen molar-refractivity contribution in [2.75, 3.05) is 59.1 Å². The lowest BCUT2D eigenvalue weighted by Gasteiger charge is -2.32. The van der Waals surface area contributed by atoms with Crippen LogP contribution in [0.15, 0.2) is 23.2 Å². The molecule has 2 aliphatic heterocycles. The van der Waals surface area contributed by atoms with Crippen LogP contribution in [0.5, 0.6) is 5.75 Å². The van der Waals surface area contributed by atoms with Crippen LogP contribution in [0, 0.1) is 13.8 Å². The number of aryl methyl sites for hydroxylation is 2. The van der Waals surface area contributed by atoms with Gasteiger partial charge in [-0.15, -0.1) is 0 Å². The summed E-state index contributed by atoms with van der Waals surface area (Å²) in [6, 6.07) is 6.93. The van der Waals surface area contributed by atoms with Crippen molar-refractivity contribution in [3.05, 3.63) is 29.3 Å². The number of morpholine rings is 1. The SMILES string of the molecule is CCNC(=NCCOc1cc(C)cc(C)c1)N1CCC(N2CCOCC2)C1. The Hall–Kier alpha value is -1.79. The Morgan fingerprint density at radius 3 is 2.63 bits per heavy atom. The number of hydrogen-bond donors (Lipinski definition) is 1. The summed E-state index contributed by atoms with van der Waals surface area (Å²) in [5, 5.41) is 3.44. The molecule has 0 spiro atoms. The molecule has 2 heterocycles. The first-order valence-electron chi connectivity index (χ1n) is 10.2. The van der Waals surface area contributed by atoms with Crippen molar-refractivity contribution in [1.82, 2.24) is 15.1 Å². The van der Waals surface area contributed by atoms with E-state index in [9.17, 15) is 0 Å². The van der Waals surface area contributed by atoms with E-state index in [0.29, 0.717) is 19.2 Å². The lowest BCUT2D eigenvalue weighted by molar-refractivity contribution is 0.0195. The Morgan fingerprint density at radius 1 is 1.19 bits per heavy atom. The predicted molar refractivity (Wildman–Crippen MR) is 110 cm³/mol. The Labute approximate surface area is 163 Å². The minimum absolute atomic E-state index is 0.596. The van der Waals surface area contributed by atoms with E-state index in [0.717, 1.165) is 57.6 Å². The van der Waals surface area contributed by atoms with Gasteiger partial charge < -0.3 is 19.7 Å². The predicted octanol–water partition coefficient (Wildman–Crippen LogP) is 2.05. The quantitative estimate of drug-likeness (QED) is 0.469. The van der Waals surface area contributed by atoms with Crippen LogP contribution >= 0.6 is 0 Å². The summed E-state index contributed by atoms with van der Waals surface area (Å²) in [5.74, 6) is 1.94. The van der Waals surface area contributed by atoms with Crippen LogP contribution in [0.1, 0.15) is 24.5 Å². The van der Waals surface area contributed by atoms with Crippen LogP contribution in [-0.2, 0) is 4.74 Å². The highest BCUT2D eigenvalue weighted by molar-refractivity contribution is 5.80. The van der Waals surface area contributed by atoms with Gasteiger partial charge in [-0.25, -0.2) is 4.99 Å². The fourth-order valence-electron chi connectivity index (χ4n) is 3.93. The first-order chi connectivity index (χ1) is 13.2. The van der Waals surface area contributed by atoms with Crippen LogP contribution in [-0.4, -0.2) is 80.9 Å². The van der Waals surface area contributed by atoms with Crippen LogP contribution in [0.4, 0.5) is 0 Å². The highest BCUT2D eigenvalue weighted by Gasteiger charge is 2.30. The van der Waals surface area contributed by atoms with Gasteiger partial charge in [-0.2, -0.15) is 0 Å². The zero-order valence-corrected chi connectivity index (χ0v) is 17.0. The third kappa shape index (κ3) is 5.84. The maximum Gasteiger partial charge on any atom is 0.194 e. The molecule has 1 atom stereocenters. The summed E-state index contributed by atoms with van der Waals surface area (Å²) in [6.45, 7) is 14.4. The molecule has 6 heteroatoms. The second-order valence-corrected chi connectivity index (χ2v) is 7.44. The molecule has 0 amide bonds. The fraction of sp³-hybridized carbons (Fsp3) is 0.667. The van der Waals surface area contributed by atoms with E-state index >= 15 is 0 Å². The van der Waals surface area contributed by atoms with Gasteiger partial charge in [0.1, 0.15) is 12.4 Å². The molecule has 2 fully saturated rings. The molecule has 1 N–H and O–H groups in total. The Morgan fingerprint density at radius 2 is 1.93 bits per heavy atom. The molecule has 0 radical (unpaired) electrons. The zero-order chi connectivity index (χ0) is 19.1. The van der Waals surface area contributed by atoms with E-state index in [-0.39, 0.29) is 0 Å². The largest absolute Gasteiger partial charge is 0.492 e. The summed E-state index contributed by atoms with van der Waals surface area (Å²) in [4.78, 5) is 9.75. The van der Waals surface area contributed by atoms with Crippen molar-refractivity contribution in [1.29, 1.82) is 0 Å². The molecule has 1 unspecified atom stereocenters. The maximum atomic E-state index is 5.90. The molecule has 0 aliphatic carbocycles. The van der Waals surface area contributed by atoms with Gasteiger partial charge in [0.15, 0.2) is 5.96 Å². The van der Waals surface area contributed by atoms with Crippen LogP contribution in [0.3, 0.4) is 0 Å². The van der Waals surface area contributed by atoms with Crippen molar-refractivity contribution in [3.63, 3.8) is 0 Å². The summed E-state index contributed by atoms with van der Waals surface area (Å²) < 4.78 is 11.4. The Balaban J connectivity index is 1.50. The number of nitrogens with one attached hydrogen (secondary N) is 1. The van der Waals surface area contributed by atoms with Gasteiger partial charge in [-0.1, -0.05) is 6.07 Å². The van der Waals surface area contributed by atoms with Crippen molar-refractivity contribution < 1.29 is 9.47 Å². The average molecular weight is 375 g/mol. The number of nitrogens with zero attached hydrogens (tertiary/aromatic N) is 3. The van der Waals surface area contributed by atoms with Gasteiger partial charge in [0.2, 0.25) is 0 Å². The molecule has 150 valence electrons. The molecular weight excluding hydrogens is 340 g/mol. The number of guanidine groups is 1. The monoisotopic (exact) mass is 374 g/mol. The third-order valence-corrected chi connectivity index (χ3v) is 5.18. The molecule has 2 aliphatic rings. The van der Waals surface area contributed by atoms with Gasteiger partial charge in [-0.05, 0) is 50.5 Å². The summed E-state index contributed by atoms with van der Waals surface area (Å²) in [6.07, 6.45) is 1.20. The molecule has 6 nitrogen and oxygen atoms in total. The standard InChI is InChI=1S/C21H34N4O2/c1-4-22-21(23-6-10-27-20-14-17(2)13-18(3)15-20)25-7-5-19(16-25)24-8-11-26-12-9-24/h13-15,19H,4-12,16H2,1-3H3,(H,22,23). The highest BCUT2D eigenvalue weighted by atomic mass is 16.5. The van der Waals surface area contributed by atoms with Gasteiger partial charge in [-0.3, -0.25) is 4.90 Å². The van der Waals surface area contributed by atoms with E-state index in [1.165, 1.54) is 17.5 Å². The Bertz CT molecular complexity index is 608. The fourth-order valence-corrected chi connectivity index (χ4v) is 3.93. The van der Waals surface area contributed by atoms with Gasteiger partial charge in [0.05, 0.1) is 19.8 Å². The van der Waals surface area contributed by atoms with Gasteiger partial charge in [0.25, 0.3) is 0 Å². The summed E-state index contributed by atoms with van der Waals surface area (Å²) >= 11 is 0. The number of aliphatic imine (C=N–C) groups is 1. The van der Waals surface area contributed by atoms with E-state index in [2.05, 4.69) is 54.1 Å². The minimum atomic E-state index is 0.596. The second-order valence-electron chi connectivity index (χ2n) is 7.44. The van der Waals surface area contributed by atoms with Crippen LogP contribution in [0.25, 0.3) is 0 Å². The van der Waals surface area contributed by atoms with Crippen molar-refractivity contribution in [3.8, 4) is 5.75 Å². The number of benzene rings is 1. The average Bonchev–Trinajstić information content (AvgIpc) is 3.14. The molecule has 0 saturated carbocycles. The molecule has 1 aromatic rings. The normalized spacial score (nSPS) is 21.5. The molecule has 3 rings (SSSR count). The van der Waals surface area contributed by atoms with E-state index in [1.807, 2.05) is 0 Å². The first kappa shape index (κ1) is 20.0. The first-order valence-corrected chi connectivity index (χ1v) is 10.2. The molecule has 0 bridgehead atoms. The highest BCUT2D eigenvalue weighted by Crippen LogP contribution is 2.18. The number of hydrogen-bond acceptors (Lipinski definition) is 4. The van der Waals surface area contributed by atoms with Crippen molar-refractivity contribution >= 4 is 5.96 Å². The smallest absolute Gasteiger partial charge is 0.194 e. The molecule has 0 aromatic heterocycles. The van der Waals surface area contributed by atoms with E-state index in [4.69, 9.17) is 14.5 Å². The second kappa shape index (κ2) is 9.95. The van der Waals surface area contributed by atoms with Gasteiger partial charge >= 0.3 is 0 Å². The van der Waals surface area contributed by atoms with Crippen LogP contribution < -0.4 is 10.1 Å².